The molecule has 5 nitrogen and oxygen atoms in total. The van der Waals surface area contributed by atoms with E-state index in [4.69, 9.17) is 5.11 Å². The second-order valence-corrected chi connectivity index (χ2v) is 5.85. The quantitative estimate of drug-likeness (QED) is 0.837. The van der Waals surface area contributed by atoms with Gasteiger partial charge in [0.2, 0.25) is 5.91 Å². The molecule has 0 saturated carbocycles. The molecule has 0 heterocycles. The largest absolute Gasteiger partial charge is 0.481 e. The molecule has 0 radical (unpaired) electrons. The van der Waals surface area contributed by atoms with E-state index in [2.05, 4.69) is 5.32 Å². The first-order valence-electron chi connectivity index (χ1n) is 6.47. The highest BCUT2D eigenvalue weighted by molar-refractivity contribution is 5.94. The van der Waals surface area contributed by atoms with Crippen molar-refractivity contribution in [2.45, 2.75) is 26.8 Å². The van der Waals surface area contributed by atoms with E-state index in [0.717, 1.165) is 12.1 Å². The number of rotatable bonds is 6. The SMILES string of the molecule is CN(C)Cc1cccc(NC(=O)CC(C)(C)C(=O)O)c1. The van der Waals surface area contributed by atoms with E-state index in [1.165, 1.54) is 13.8 Å². The number of benzene rings is 1. The molecule has 1 aromatic rings. The molecule has 0 aliphatic heterocycles. The molecule has 0 bridgehead atoms. The van der Waals surface area contributed by atoms with Gasteiger partial charge in [-0.3, -0.25) is 9.59 Å². The number of nitrogens with zero attached hydrogens (tertiary/aromatic N) is 1. The number of aliphatic carboxylic acids is 1. The number of hydrogen-bond donors (Lipinski definition) is 2. The van der Waals surface area contributed by atoms with Crippen LogP contribution in [0, 0.1) is 5.41 Å². The standard InChI is InChI=1S/C15H22N2O3/c1-15(2,14(19)20)9-13(18)16-12-7-5-6-11(8-12)10-17(3)4/h5-8H,9-10H2,1-4H3,(H,16,18)(H,19,20). The Morgan fingerprint density at radius 1 is 1.30 bits per heavy atom. The van der Waals surface area contributed by atoms with Crippen molar-refractivity contribution < 1.29 is 14.7 Å². The minimum Gasteiger partial charge on any atom is -0.481 e. The van der Waals surface area contributed by atoms with Crippen LogP contribution < -0.4 is 5.32 Å². The van der Waals surface area contributed by atoms with Gasteiger partial charge in [0.05, 0.1) is 5.41 Å². The van der Waals surface area contributed by atoms with Gasteiger partial charge in [-0.2, -0.15) is 0 Å². The van der Waals surface area contributed by atoms with Gasteiger partial charge >= 0.3 is 5.97 Å². The number of carboxylic acid groups (broad SMARTS) is 1. The van der Waals surface area contributed by atoms with Crippen molar-refractivity contribution in [2.75, 3.05) is 19.4 Å². The maximum atomic E-state index is 11.9. The van der Waals surface area contributed by atoms with Crippen LogP contribution in [-0.4, -0.2) is 36.0 Å². The van der Waals surface area contributed by atoms with Crippen LogP contribution in [0.2, 0.25) is 0 Å². The van der Waals surface area contributed by atoms with E-state index in [1.807, 2.05) is 37.2 Å². The van der Waals surface area contributed by atoms with Gasteiger partial charge in [-0.15, -0.1) is 0 Å². The number of carbonyl (C=O) groups excluding carboxylic acids is 1. The molecule has 1 amide bonds. The molecule has 1 rings (SSSR count). The number of anilines is 1. The van der Waals surface area contributed by atoms with Gasteiger partial charge in [-0.05, 0) is 45.6 Å². The second kappa shape index (κ2) is 6.52. The van der Waals surface area contributed by atoms with Crippen LogP contribution in [0.15, 0.2) is 24.3 Å². The summed E-state index contributed by atoms with van der Waals surface area (Å²) in [6, 6.07) is 7.55. The van der Waals surface area contributed by atoms with E-state index in [1.54, 1.807) is 6.07 Å². The zero-order valence-electron chi connectivity index (χ0n) is 12.4. The molecule has 0 aliphatic rings. The molecule has 20 heavy (non-hydrogen) atoms. The van der Waals surface area contributed by atoms with Crippen LogP contribution in [0.3, 0.4) is 0 Å². The van der Waals surface area contributed by atoms with Gasteiger partial charge in [0.25, 0.3) is 0 Å². The van der Waals surface area contributed by atoms with Gasteiger partial charge in [0.1, 0.15) is 0 Å². The summed E-state index contributed by atoms with van der Waals surface area (Å²) in [5, 5.41) is 11.8. The summed E-state index contributed by atoms with van der Waals surface area (Å²) < 4.78 is 0. The van der Waals surface area contributed by atoms with E-state index in [0.29, 0.717) is 5.69 Å². The van der Waals surface area contributed by atoms with Gasteiger partial charge in [0.15, 0.2) is 0 Å². The molecule has 0 unspecified atom stereocenters. The molecule has 1 aromatic carbocycles. The minimum atomic E-state index is -1.06. The number of carbonyl (C=O) groups is 2. The van der Waals surface area contributed by atoms with Crippen LogP contribution >= 0.6 is 0 Å². The number of nitrogens with one attached hydrogen (secondary N) is 1. The zero-order chi connectivity index (χ0) is 15.3. The number of amides is 1. The lowest BCUT2D eigenvalue weighted by atomic mass is 9.89. The summed E-state index contributed by atoms with van der Waals surface area (Å²) >= 11 is 0. The molecular formula is C15H22N2O3. The third kappa shape index (κ3) is 5.01. The third-order valence-electron chi connectivity index (χ3n) is 2.89. The predicted molar refractivity (Wildman–Crippen MR) is 78.5 cm³/mol. The minimum absolute atomic E-state index is 0.0553. The Hall–Kier alpha value is -1.88. The van der Waals surface area contributed by atoms with Gasteiger partial charge in [-0.25, -0.2) is 0 Å². The van der Waals surface area contributed by atoms with Crippen LogP contribution in [0.4, 0.5) is 5.69 Å². The summed E-state index contributed by atoms with van der Waals surface area (Å²) in [6.07, 6.45) is -0.0553. The molecule has 0 aromatic heterocycles. The molecule has 0 spiro atoms. The maximum absolute atomic E-state index is 11.9. The fraction of sp³-hybridized carbons (Fsp3) is 0.467. The van der Waals surface area contributed by atoms with Gasteiger partial charge in [-0.1, -0.05) is 12.1 Å². The predicted octanol–water partition coefficient (Wildman–Crippen LogP) is 2.19. The Bertz CT molecular complexity index is 496. The van der Waals surface area contributed by atoms with Crippen LogP contribution in [0.1, 0.15) is 25.8 Å². The van der Waals surface area contributed by atoms with E-state index >= 15 is 0 Å². The fourth-order valence-corrected chi connectivity index (χ4v) is 1.79. The molecule has 2 N–H and O–H groups in total. The summed E-state index contributed by atoms with van der Waals surface area (Å²) in [7, 11) is 3.95. The lowest BCUT2D eigenvalue weighted by Gasteiger charge is -2.18. The van der Waals surface area contributed by atoms with Crippen LogP contribution in [0.5, 0.6) is 0 Å². The second-order valence-electron chi connectivity index (χ2n) is 5.85. The number of hydrogen-bond acceptors (Lipinski definition) is 3. The number of carboxylic acids is 1. The van der Waals surface area contributed by atoms with E-state index < -0.39 is 11.4 Å². The summed E-state index contributed by atoms with van der Waals surface area (Å²) in [4.78, 5) is 24.9. The molecule has 0 atom stereocenters. The van der Waals surface area contributed by atoms with Crippen molar-refractivity contribution in [3.63, 3.8) is 0 Å². The first-order valence-corrected chi connectivity index (χ1v) is 6.47. The fourth-order valence-electron chi connectivity index (χ4n) is 1.79. The summed E-state index contributed by atoms with van der Waals surface area (Å²) in [5.41, 5.74) is 0.714. The van der Waals surface area contributed by atoms with Gasteiger partial charge in [0, 0.05) is 18.7 Å². The molecule has 0 aliphatic carbocycles. The Morgan fingerprint density at radius 3 is 2.50 bits per heavy atom. The average molecular weight is 278 g/mol. The highest BCUT2D eigenvalue weighted by Crippen LogP contribution is 2.21. The Balaban J connectivity index is 2.69. The van der Waals surface area contributed by atoms with Crippen LogP contribution in [0.25, 0.3) is 0 Å². The highest BCUT2D eigenvalue weighted by Gasteiger charge is 2.30. The van der Waals surface area contributed by atoms with Crippen molar-refractivity contribution in [1.29, 1.82) is 0 Å². The highest BCUT2D eigenvalue weighted by atomic mass is 16.4. The summed E-state index contributed by atoms with van der Waals surface area (Å²) in [5.74, 6) is -1.27. The van der Waals surface area contributed by atoms with Crippen molar-refractivity contribution in [2.24, 2.45) is 5.41 Å². The zero-order valence-corrected chi connectivity index (χ0v) is 12.4. The summed E-state index contributed by atoms with van der Waals surface area (Å²) in [6.45, 7) is 3.86. The molecule has 110 valence electrons. The Labute approximate surface area is 119 Å². The lowest BCUT2D eigenvalue weighted by molar-refractivity contribution is -0.148. The lowest BCUT2D eigenvalue weighted by Crippen LogP contribution is -2.29. The van der Waals surface area contributed by atoms with Crippen molar-refractivity contribution >= 4 is 17.6 Å². The smallest absolute Gasteiger partial charge is 0.309 e. The Morgan fingerprint density at radius 2 is 1.95 bits per heavy atom. The third-order valence-corrected chi connectivity index (χ3v) is 2.89. The monoisotopic (exact) mass is 278 g/mol. The first kappa shape index (κ1) is 16.2. The first-order chi connectivity index (χ1) is 9.20. The van der Waals surface area contributed by atoms with Crippen molar-refractivity contribution in [1.82, 2.24) is 4.90 Å². The van der Waals surface area contributed by atoms with E-state index in [-0.39, 0.29) is 12.3 Å². The topological polar surface area (TPSA) is 69.6 Å². The molecule has 0 saturated heterocycles. The molecule has 0 fully saturated rings. The Kier molecular flexibility index (Phi) is 5.27. The maximum Gasteiger partial charge on any atom is 0.309 e. The van der Waals surface area contributed by atoms with E-state index in [9.17, 15) is 9.59 Å². The molecule has 5 heteroatoms. The van der Waals surface area contributed by atoms with Gasteiger partial charge < -0.3 is 15.3 Å². The normalized spacial score (nSPS) is 11.4. The average Bonchev–Trinajstić information content (AvgIpc) is 2.26. The molecular weight excluding hydrogens is 256 g/mol. The van der Waals surface area contributed by atoms with Crippen molar-refractivity contribution in [3.05, 3.63) is 29.8 Å². The van der Waals surface area contributed by atoms with Crippen molar-refractivity contribution in [3.8, 4) is 0 Å². The van der Waals surface area contributed by atoms with Crippen LogP contribution in [-0.2, 0) is 16.1 Å².